The SMILES string of the molecule is [B]c1c(Br)cc(F)c(CBr)c1F. The summed E-state index contributed by atoms with van der Waals surface area (Å²) < 4.78 is 26.3. The van der Waals surface area contributed by atoms with E-state index in [9.17, 15) is 8.78 Å². The van der Waals surface area contributed by atoms with Gasteiger partial charge in [-0.2, -0.15) is 0 Å². The topological polar surface area (TPSA) is 0 Å². The summed E-state index contributed by atoms with van der Waals surface area (Å²) in [7, 11) is 5.32. The van der Waals surface area contributed by atoms with E-state index < -0.39 is 11.6 Å². The van der Waals surface area contributed by atoms with Gasteiger partial charge in [-0.1, -0.05) is 31.9 Å². The normalized spacial score (nSPS) is 10.3. The Kier molecular flexibility index (Phi) is 3.29. The Morgan fingerprint density at radius 3 is 2.50 bits per heavy atom. The van der Waals surface area contributed by atoms with Crippen LogP contribution < -0.4 is 5.46 Å². The number of hydrogen-bond donors (Lipinski definition) is 0. The van der Waals surface area contributed by atoms with Crippen molar-refractivity contribution < 1.29 is 8.78 Å². The van der Waals surface area contributed by atoms with Gasteiger partial charge in [0.2, 0.25) is 0 Å². The molecule has 0 N–H and O–H groups in total. The van der Waals surface area contributed by atoms with Crippen molar-refractivity contribution in [3.05, 3.63) is 27.7 Å². The second kappa shape index (κ2) is 3.88. The highest BCUT2D eigenvalue weighted by molar-refractivity contribution is 9.10. The smallest absolute Gasteiger partial charge is 0.131 e. The van der Waals surface area contributed by atoms with E-state index in [1.807, 2.05) is 0 Å². The third-order valence-electron chi connectivity index (χ3n) is 1.43. The molecule has 5 heteroatoms. The molecule has 0 saturated carbocycles. The molecule has 62 valence electrons. The van der Waals surface area contributed by atoms with E-state index in [1.54, 1.807) is 0 Å². The number of alkyl halides is 1. The maximum atomic E-state index is 13.1. The predicted molar refractivity (Wildman–Crippen MR) is 52.1 cm³/mol. The largest absolute Gasteiger partial charge is 0.207 e. The average Bonchev–Trinajstić information content (AvgIpc) is 2.01. The van der Waals surface area contributed by atoms with Gasteiger partial charge in [-0.15, -0.1) is 0 Å². The second-order valence-electron chi connectivity index (χ2n) is 2.18. The van der Waals surface area contributed by atoms with Gasteiger partial charge in [0.25, 0.3) is 0 Å². The van der Waals surface area contributed by atoms with Crippen molar-refractivity contribution in [1.29, 1.82) is 0 Å². The molecule has 0 nitrogen and oxygen atoms in total. The van der Waals surface area contributed by atoms with Crippen LogP contribution in [0.1, 0.15) is 5.56 Å². The van der Waals surface area contributed by atoms with Gasteiger partial charge in [0.1, 0.15) is 19.5 Å². The minimum atomic E-state index is -0.709. The Morgan fingerprint density at radius 2 is 2.00 bits per heavy atom. The van der Waals surface area contributed by atoms with Gasteiger partial charge in [-0.3, -0.25) is 0 Å². The van der Waals surface area contributed by atoms with Crippen LogP contribution in [-0.2, 0) is 5.33 Å². The van der Waals surface area contributed by atoms with Gasteiger partial charge in [-0.05, 0) is 11.5 Å². The molecule has 0 saturated heterocycles. The zero-order valence-corrected chi connectivity index (χ0v) is 9.05. The molecule has 12 heavy (non-hydrogen) atoms. The van der Waals surface area contributed by atoms with Crippen LogP contribution in [0.2, 0.25) is 0 Å². The van der Waals surface area contributed by atoms with Crippen molar-refractivity contribution >= 4 is 45.2 Å². The summed E-state index contributed by atoms with van der Waals surface area (Å²) in [5.74, 6) is -1.32. The van der Waals surface area contributed by atoms with E-state index >= 15 is 0 Å². The van der Waals surface area contributed by atoms with E-state index in [-0.39, 0.29) is 20.8 Å². The van der Waals surface area contributed by atoms with Gasteiger partial charge < -0.3 is 0 Å². The van der Waals surface area contributed by atoms with Crippen molar-refractivity contribution in [1.82, 2.24) is 0 Å². The second-order valence-corrected chi connectivity index (χ2v) is 3.60. The molecule has 0 aliphatic carbocycles. The molecule has 1 aromatic rings. The fourth-order valence-corrected chi connectivity index (χ4v) is 1.66. The number of halogens is 4. The van der Waals surface area contributed by atoms with E-state index in [0.717, 1.165) is 6.07 Å². The zero-order valence-electron chi connectivity index (χ0n) is 5.87. The summed E-state index contributed by atoms with van der Waals surface area (Å²) in [5, 5.41) is 0.113. The third kappa shape index (κ3) is 1.71. The summed E-state index contributed by atoms with van der Waals surface area (Å²) in [4.78, 5) is 0. The number of benzene rings is 1. The van der Waals surface area contributed by atoms with Gasteiger partial charge in [0, 0.05) is 15.4 Å². The third-order valence-corrected chi connectivity index (χ3v) is 2.65. The van der Waals surface area contributed by atoms with E-state index in [1.165, 1.54) is 0 Å². The number of hydrogen-bond acceptors (Lipinski definition) is 0. The van der Waals surface area contributed by atoms with Gasteiger partial charge in [-0.25, -0.2) is 8.78 Å². The molecule has 0 amide bonds. The van der Waals surface area contributed by atoms with Crippen LogP contribution >= 0.6 is 31.9 Å². The van der Waals surface area contributed by atoms with Crippen molar-refractivity contribution in [2.75, 3.05) is 0 Å². The lowest BCUT2D eigenvalue weighted by atomic mass is 9.93. The Morgan fingerprint density at radius 1 is 1.42 bits per heavy atom. The monoisotopic (exact) mass is 294 g/mol. The first kappa shape index (κ1) is 10.2. The molecule has 2 radical (unpaired) electrons. The van der Waals surface area contributed by atoms with Crippen LogP contribution in [0.4, 0.5) is 8.78 Å². The maximum absolute atomic E-state index is 13.1. The fourth-order valence-electron chi connectivity index (χ4n) is 0.771. The Hall–Kier alpha value is 0.105. The average molecular weight is 296 g/mol. The van der Waals surface area contributed by atoms with Crippen molar-refractivity contribution in [3.8, 4) is 0 Å². The summed E-state index contributed by atoms with van der Waals surface area (Å²) in [6.45, 7) is 0. The van der Waals surface area contributed by atoms with Crippen LogP contribution in [-0.4, -0.2) is 7.85 Å². The molecule has 0 atom stereocenters. The summed E-state index contributed by atoms with van der Waals surface area (Å²) in [5.41, 5.74) is -0.110. The molecule has 1 rings (SSSR count). The maximum Gasteiger partial charge on any atom is 0.131 e. The lowest BCUT2D eigenvalue weighted by Crippen LogP contribution is -2.14. The molecular weight excluding hydrogens is 293 g/mol. The summed E-state index contributed by atoms with van der Waals surface area (Å²) >= 11 is 5.91. The number of rotatable bonds is 1. The Balaban J connectivity index is 3.40. The highest BCUT2D eigenvalue weighted by Gasteiger charge is 2.12. The zero-order chi connectivity index (χ0) is 9.30. The first-order valence-electron chi connectivity index (χ1n) is 3.05. The molecular formula is C7H3BBr2F2. The highest BCUT2D eigenvalue weighted by atomic mass is 79.9. The van der Waals surface area contributed by atoms with Crippen molar-refractivity contribution in [2.45, 2.75) is 5.33 Å². The van der Waals surface area contributed by atoms with Crippen LogP contribution in [0.15, 0.2) is 10.5 Å². The lowest BCUT2D eigenvalue weighted by molar-refractivity contribution is 0.571. The van der Waals surface area contributed by atoms with E-state index in [2.05, 4.69) is 31.9 Å². The van der Waals surface area contributed by atoms with Crippen LogP contribution in [0.5, 0.6) is 0 Å². The Bertz CT molecular complexity index is 315. The van der Waals surface area contributed by atoms with Gasteiger partial charge in [0.15, 0.2) is 0 Å². The van der Waals surface area contributed by atoms with Gasteiger partial charge in [0.05, 0.1) is 0 Å². The quantitative estimate of drug-likeness (QED) is 0.551. The summed E-state index contributed by atoms with van der Waals surface area (Å²) in [6, 6.07) is 1.15. The first-order valence-corrected chi connectivity index (χ1v) is 4.97. The Labute approximate surface area is 87.0 Å². The summed E-state index contributed by atoms with van der Waals surface area (Å²) in [6.07, 6.45) is 0. The predicted octanol–water partition coefficient (Wildman–Crippen LogP) is 2.42. The van der Waals surface area contributed by atoms with Crippen LogP contribution in [0.25, 0.3) is 0 Å². The van der Waals surface area contributed by atoms with Crippen molar-refractivity contribution in [3.63, 3.8) is 0 Å². The fraction of sp³-hybridized carbons (Fsp3) is 0.143. The molecule has 0 unspecified atom stereocenters. The molecule has 1 aromatic carbocycles. The molecule has 0 aromatic heterocycles. The molecule has 0 aliphatic heterocycles. The highest BCUT2D eigenvalue weighted by Crippen LogP contribution is 2.18. The standard InChI is InChI=1S/C7H3BBr2F2/c8-6-4(10)1-5(11)3(2-9)7(6)12/h1H,2H2. The molecule has 0 spiro atoms. The van der Waals surface area contributed by atoms with Crippen molar-refractivity contribution in [2.24, 2.45) is 0 Å². The molecule has 0 bridgehead atoms. The van der Waals surface area contributed by atoms with E-state index in [0.29, 0.717) is 0 Å². The lowest BCUT2D eigenvalue weighted by Gasteiger charge is -2.06. The minimum Gasteiger partial charge on any atom is -0.207 e. The van der Waals surface area contributed by atoms with Crippen LogP contribution in [0, 0.1) is 11.6 Å². The molecule has 0 fully saturated rings. The molecule has 0 heterocycles. The molecule has 0 aliphatic rings. The minimum absolute atomic E-state index is 0.0456. The van der Waals surface area contributed by atoms with Crippen LogP contribution in [0.3, 0.4) is 0 Å². The van der Waals surface area contributed by atoms with E-state index in [4.69, 9.17) is 7.85 Å². The van der Waals surface area contributed by atoms with Gasteiger partial charge >= 0.3 is 0 Å². The first-order chi connectivity index (χ1) is 5.57.